The Kier molecular flexibility index (Phi) is 5.51. The zero-order valence-corrected chi connectivity index (χ0v) is 18.3. The maximum Gasteiger partial charge on any atom is 0.178 e. The number of fused-ring (bicyclic) bond motifs is 1. The first-order valence-corrected chi connectivity index (χ1v) is 10.3. The number of methoxy groups -OCH3 is 2. The van der Waals surface area contributed by atoms with E-state index in [9.17, 15) is 0 Å². The Labute approximate surface area is 177 Å². The van der Waals surface area contributed by atoms with Gasteiger partial charge in [0, 0.05) is 37.2 Å². The highest BCUT2D eigenvalue weighted by Gasteiger charge is 2.25. The van der Waals surface area contributed by atoms with E-state index in [1.54, 1.807) is 14.2 Å². The van der Waals surface area contributed by atoms with Crippen LogP contribution in [0.3, 0.4) is 0 Å². The van der Waals surface area contributed by atoms with Gasteiger partial charge in [0.25, 0.3) is 0 Å². The van der Waals surface area contributed by atoms with Gasteiger partial charge in [0.2, 0.25) is 0 Å². The fourth-order valence-corrected chi connectivity index (χ4v) is 3.85. The lowest BCUT2D eigenvalue weighted by atomic mass is 9.96. The molecule has 1 aromatic carbocycles. The third-order valence-electron chi connectivity index (χ3n) is 5.38. The topological polar surface area (TPSA) is 76.8 Å². The van der Waals surface area contributed by atoms with Gasteiger partial charge in [-0.15, -0.1) is 15.3 Å². The van der Waals surface area contributed by atoms with Crippen molar-refractivity contribution in [1.29, 1.82) is 0 Å². The Bertz CT molecular complexity index is 1000. The van der Waals surface area contributed by atoms with E-state index in [1.807, 2.05) is 22.7 Å². The van der Waals surface area contributed by atoms with E-state index in [-0.39, 0.29) is 5.41 Å². The number of aromatic nitrogens is 4. The van der Waals surface area contributed by atoms with E-state index in [0.717, 1.165) is 54.8 Å². The van der Waals surface area contributed by atoms with Crippen molar-refractivity contribution in [3.05, 3.63) is 41.7 Å². The molecule has 30 heavy (non-hydrogen) atoms. The summed E-state index contributed by atoms with van der Waals surface area (Å²) < 4.78 is 12.6. The second-order valence-electron chi connectivity index (χ2n) is 8.85. The molecule has 1 unspecified atom stereocenters. The molecule has 0 amide bonds. The van der Waals surface area contributed by atoms with Gasteiger partial charge in [-0.1, -0.05) is 20.8 Å². The molecule has 8 nitrogen and oxygen atoms in total. The minimum atomic E-state index is -0.118. The summed E-state index contributed by atoms with van der Waals surface area (Å²) in [6, 6.07) is 10.3. The van der Waals surface area contributed by atoms with Gasteiger partial charge in [-0.05, 0) is 36.2 Å². The van der Waals surface area contributed by atoms with Crippen LogP contribution >= 0.6 is 0 Å². The van der Waals surface area contributed by atoms with Crippen LogP contribution in [0.5, 0.6) is 11.5 Å². The average Bonchev–Trinajstić information content (AvgIpc) is 3.33. The number of hydrogen-bond donors (Lipinski definition) is 1. The number of nitrogens with one attached hydrogen (secondary N) is 1. The molecule has 3 aromatic rings. The molecule has 1 N–H and O–H groups in total. The lowest BCUT2D eigenvalue weighted by molar-refractivity contribution is 0.326. The number of likely N-dealkylation sites (tertiary alicyclic amines) is 1. The van der Waals surface area contributed by atoms with E-state index < -0.39 is 0 Å². The highest BCUT2D eigenvalue weighted by Crippen LogP contribution is 2.25. The molecule has 1 atom stereocenters. The Hall–Kier alpha value is -2.87. The zero-order valence-electron chi connectivity index (χ0n) is 18.3. The molecule has 2 aromatic heterocycles. The van der Waals surface area contributed by atoms with Crippen molar-refractivity contribution in [3.63, 3.8) is 0 Å². The summed E-state index contributed by atoms with van der Waals surface area (Å²) in [6.45, 7) is 9.19. The molecule has 160 valence electrons. The van der Waals surface area contributed by atoms with Crippen molar-refractivity contribution in [2.45, 2.75) is 45.2 Å². The molecule has 1 aliphatic heterocycles. The SMILES string of the molecule is COc1cc(CN2CCC(Nc3ccc4nnc(C(C)(C)C)n4n3)C2)cc(OC)c1. The predicted octanol–water partition coefficient (Wildman–Crippen LogP) is 3.13. The van der Waals surface area contributed by atoms with E-state index in [0.29, 0.717) is 6.04 Å². The van der Waals surface area contributed by atoms with Gasteiger partial charge in [-0.2, -0.15) is 4.52 Å². The Balaban J connectivity index is 1.43. The lowest BCUT2D eigenvalue weighted by Gasteiger charge is -2.18. The molecular formula is C22H30N6O2. The summed E-state index contributed by atoms with van der Waals surface area (Å²) >= 11 is 0. The molecule has 1 aliphatic rings. The molecular weight excluding hydrogens is 380 g/mol. The van der Waals surface area contributed by atoms with Crippen molar-refractivity contribution < 1.29 is 9.47 Å². The monoisotopic (exact) mass is 410 g/mol. The molecule has 4 rings (SSSR count). The molecule has 1 fully saturated rings. The van der Waals surface area contributed by atoms with Gasteiger partial charge in [-0.25, -0.2) is 0 Å². The molecule has 0 spiro atoms. The normalized spacial score (nSPS) is 17.4. The molecule has 0 saturated carbocycles. The molecule has 3 heterocycles. The van der Waals surface area contributed by atoms with Crippen molar-refractivity contribution in [2.75, 3.05) is 32.6 Å². The van der Waals surface area contributed by atoms with E-state index >= 15 is 0 Å². The molecule has 0 aliphatic carbocycles. The Morgan fingerprint density at radius 2 is 1.80 bits per heavy atom. The van der Waals surface area contributed by atoms with E-state index in [2.05, 4.69) is 53.3 Å². The van der Waals surface area contributed by atoms with Gasteiger partial charge in [0.05, 0.1) is 14.2 Å². The van der Waals surface area contributed by atoms with Crippen LogP contribution in [0, 0.1) is 0 Å². The Morgan fingerprint density at radius 1 is 1.07 bits per heavy atom. The van der Waals surface area contributed by atoms with Gasteiger partial charge < -0.3 is 14.8 Å². The number of anilines is 1. The third-order valence-corrected chi connectivity index (χ3v) is 5.38. The smallest absolute Gasteiger partial charge is 0.178 e. The maximum atomic E-state index is 5.39. The van der Waals surface area contributed by atoms with Crippen LogP contribution in [0.25, 0.3) is 5.65 Å². The standard InChI is InChI=1S/C22H30N6O2/c1-22(2,3)21-25-24-20-7-6-19(26-28(20)21)23-16-8-9-27(14-16)13-15-10-17(29-4)12-18(11-15)30-5/h6-7,10-12,16H,8-9,13-14H2,1-5H3,(H,23,26). The van der Waals surface area contributed by atoms with Crippen LogP contribution in [0.4, 0.5) is 5.82 Å². The number of nitrogens with zero attached hydrogens (tertiary/aromatic N) is 5. The van der Waals surface area contributed by atoms with E-state index in [1.165, 1.54) is 5.56 Å². The van der Waals surface area contributed by atoms with Crippen LogP contribution in [-0.4, -0.2) is 58.1 Å². The van der Waals surface area contributed by atoms with Gasteiger partial charge in [-0.3, -0.25) is 4.90 Å². The fraction of sp³-hybridized carbons (Fsp3) is 0.500. The highest BCUT2D eigenvalue weighted by atomic mass is 16.5. The van der Waals surface area contributed by atoms with Gasteiger partial charge >= 0.3 is 0 Å². The second-order valence-corrected chi connectivity index (χ2v) is 8.85. The zero-order chi connectivity index (χ0) is 21.3. The first-order valence-electron chi connectivity index (χ1n) is 10.3. The number of rotatable bonds is 6. The number of hydrogen-bond acceptors (Lipinski definition) is 7. The highest BCUT2D eigenvalue weighted by molar-refractivity contribution is 5.45. The summed E-state index contributed by atoms with van der Waals surface area (Å²) in [6.07, 6.45) is 1.06. The maximum absolute atomic E-state index is 5.39. The van der Waals surface area contributed by atoms with Crippen molar-refractivity contribution in [3.8, 4) is 11.5 Å². The lowest BCUT2D eigenvalue weighted by Crippen LogP contribution is -2.26. The van der Waals surface area contributed by atoms with E-state index in [4.69, 9.17) is 14.6 Å². The summed E-state index contributed by atoms with van der Waals surface area (Å²) in [5, 5.41) is 16.9. The third kappa shape index (κ3) is 4.33. The van der Waals surface area contributed by atoms with Crippen LogP contribution in [0.15, 0.2) is 30.3 Å². The summed E-state index contributed by atoms with van der Waals surface area (Å²) in [4.78, 5) is 2.43. The van der Waals surface area contributed by atoms with Gasteiger partial charge in [0.1, 0.15) is 17.3 Å². The average molecular weight is 411 g/mol. The fourth-order valence-electron chi connectivity index (χ4n) is 3.85. The first kappa shape index (κ1) is 20.4. The number of ether oxygens (including phenoxy) is 2. The molecule has 0 bridgehead atoms. The van der Waals surface area contributed by atoms with Crippen LogP contribution in [-0.2, 0) is 12.0 Å². The minimum Gasteiger partial charge on any atom is -0.497 e. The van der Waals surface area contributed by atoms with Crippen molar-refractivity contribution in [2.24, 2.45) is 0 Å². The summed E-state index contributed by atoms with van der Waals surface area (Å²) in [7, 11) is 3.36. The Morgan fingerprint density at radius 3 is 2.47 bits per heavy atom. The summed E-state index contributed by atoms with van der Waals surface area (Å²) in [5.41, 5.74) is 1.84. The molecule has 8 heteroatoms. The largest absolute Gasteiger partial charge is 0.497 e. The number of benzene rings is 1. The quantitative estimate of drug-likeness (QED) is 0.669. The van der Waals surface area contributed by atoms with Crippen LogP contribution < -0.4 is 14.8 Å². The molecule has 0 radical (unpaired) electrons. The van der Waals surface area contributed by atoms with Crippen molar-refractivity contribution >= 4 is 11.5 Å². The van der Waals surface area contributed by atoms with Gasteiger partial charge in [0.15, 0.2) is 11.5 Å². The van der Waals surface area contributed by atoms with Crippen LogP contribution in [0.1, 0.15) is 38.6 Å². The second kappa shape index (κ2) is 8.10. The molecule has 1 saturated heterocycles. The first-order chi connectivity index (χ1) is 14.4. The van der Waals surface area contributed by atoms with Crippen LogP contribution in [0.2, 0.25) is 0 Å². The van der Waals surface area contributed by atoms with Crippen molar-refractivity contribution in [1.82, 2.24) is 24.7 Å². The predicted molar refractivity (Wildman–Crippen MR) is 116 cm³/mol. The minimum absolute atomic E-state index is 0.118. The summed E-state index contributed by atoms with van der Waals surface area (Å²) in [5.74, 6) is 3.35.